The van der Waals surface area contributed by atoms with Crippen molar-refractivity contribution in [2.24, 2.45) is 5.16 Å². The van der Waals surface area contributed by atoms with E-state index >= 15 is 0 Å². The van der Waals surface area contributed by atoms with Gasteiger partial charge in [-0.05, 0) is 19.1 Å². The maximum absolute atomic E-state index is 11.5. The van der Waals surface area contributed by atoms with Gasteiger partial charge in [-0.15, -0.1) is 0 Å². The zero-order valence-corrected chi connectivity index (χ0v) is 11.7. The molecule has 0 aromatic heterocycles. The SMILES string of the molecule is Cc1ccc(NC(=O)O/N=C\c2cccc([N+](=O)[O-])c2)cc1. The first-order valence-corrected chi connectivity index (χ1v) is 6.37. The molecule has 0 atom stereocenters. The number of nitrogens with zero attached hydrogens (tertiary/aromatic N) is 2. The molecule has 2 aromatic rings. The Balaban J connectivity index is 1.91. The Hall–Kier alpha value is -3.22. The summed E-state index contributed by atoms with van der Waals surface area (Å²) in [4.78, 5) is 26.3. The highest BCUT2D eigenvalue weighted by atomic mass is 16.7. The molecule has 0 bridgehead atoms. The summed E-state index contributed by atoms with van der Waals surface area (Å²) in [5, 5.41) is 16.6. The zero-order chi connectivity index (χ0) is 15.9. The van der Waals surface area contributed by atoms with Crippen LogP contribution in [0.15, 0.2) is 53.7 Å². The topological polar surface area (TPSA) is 93.8 Å². The molecule has 0 heterocycles. The highest BCUT2D eigenvalue weighted by Crippen LogP contribution is 2.12. The van der Waals surface area contributed by atoms with Crippen molar-refractivity contribution in [1.82, 2.24) is 0 Å². The van der Waals surface area contributed by atoms with Gasteiger partial charge in [0.15, 0.2) is 0 Å². The number of nitrogens with one attached hydrogen (secondary N) is 1. The second-order valence-electron chi connectivity index (χ2n) is 4.46. The number of oxime groups is 1. The average molecular weight is 299 g/mol. The van der Waals surface area contributed by atoms with Gasteiger partial charge in [0, 0.05) is 23.4 Å². The number of carbonyl (C=O) groups is 1. The first-order chi connectivity index (χ1) is 10.5. The molecule has 0 aliphatic carbocycles. The summed E-state index contributed by atoms with van der Waals surface area (Å²) in [5.41, 5.74) is 2.05. The van der Waals surface area contributed by atoms with E-state index in [1.807, 2.05) is 19.1 Å². The third kappa shape index (κ3) is 4.41. The highest BCUT2D eigenvalue weighted by Gasteiger charge is 2.05. The largest absolute Gasteiger partial charge is 0.437 e. The number of nitro groups is 1. The smallest absolute Gasteiger partial charge is 0.298 e. The molecule has 112 valence electrons. The van der Waals surface area contributed by atoms with Gasteiger partial charge < -0.3 is 0 Å². The molecule has 2 aromatic carbocycles. The van der Waals surface area contributed by atoms with Gasteiger partial charge in [0.2, 0.25) is 0 Å². The van der Waals surface area contributed by atoms with E-state index in [4.69, 9.17) is 0 Å². The van der Waals surface area contributed by atoms with Crippen LogP contribution in [0.4, 0.5) is 16.2 Å². The second-order valence-corrected chi connectivity index (χ2v) is 4.46. The fourth-order valence-corrected chi connectivity index (χ4v) is 1.63. The van der Waals surface area contributed by atoms with Crippen molar-refractivity contribution < 1.29 is 14.6 Å². The minimum atomic E-state index is -0.745. The van der Waals surface area contributed by atoms with Crippen LogP contribution in [-0.2, 0) is 4.84 Å². The molecule has 0 radical (unpaired) electrons. The minimum Gasteiger partial charge on any atom is -0.298 e. The Bertz CT molecular complexity index is 711. The van der Waals surface area contributed by atoms with Gasteiger partial charge in [-0.3, -0.25) is 20.3 Å². The van der Waals surface area contributed by atoms with E-state index < -0.39 is 11.0 Å². The number of hydrogen-bond donors (Lipinski definition) is 1. The highest BCUT2D eigenvalue weighted by molar-refractivity contribution is 5.86. The summed E-state index contributed by atoms with van der Waals surface area (Å²) in [6.45, 7) is 1.94. The predicted molar refractivity (Wildman–Crippen MR) is 82.0 cm³/mol. The average Bonchev–Trinajstić information content (AvgIpc) is 2.50. The molecule has 0 saturated carbocycles. The van der Waals surface area contributed by atoms with Crippen LogP contribution in [0.5, 0.6) is 0 Å². The summed E-state index contributed by atoms with van der Waals surface area (Å²) in [5.74, 6) is 0. The number of rotatable bonds is 4. The van der Waals surface area contributed by atoms with Gasteiger partial charge in [0.25, 0.3) is 5.69 Å². The number of hydrogen-bond acceptors (Lipinski definition) is 5. The van der Waals surface area contributed by atoms with E-state index in [0.29, 0.717) is 11.3 Å². The van der Waals surface area contributed by atoms with Gasteiger partial charge in [0.1, 0.15) is 0 Å². The van der Waals surface area contributed by atoms with Crippen LogP contribution in [0, 0.1) is 17.0 Å². The quantitative estimate of drug-likeness (QED) is 0.404. The van der Waals surface area contributed by atoms with Crippen molar-refractivity contribution in [3.8, 4) is 0 Å². The molecule has 1 amide bonds. The summed E-state index contributed by atoms with van der Waals surface area (Å²) in [6.07, 6.45) is 0.479. The fourth-order valence-electron chi connectivity index (χ4n) is 1.63. The Kier molecular flexibility index (Phi) is 4.81. The Morgan fingerprint density at radius 2 is 2.00 bits per heavy atom. The van der Waals surface area contributed by atoms with Crippen LogP contribution in [0.3, 0.4) is 0 Å². The van der Waals surface area contributed by atoms with Gasteiger partial charge in [-0.1, -0.05) is 35.0 Å². The monoisotopic (exact) mass is 299 g/mol. The first-order valence-electron chi connectivity index (χ1n) is 6.37. The lowest BCUT2D eigenvalue weighted by atomic mass is 10.2. The van der Waals surface area contributed by atoms with E-state index in [9.17, 15) is 14.9 Å². The maximum atomic E-state index is 11.5. The second kappa shape index (κ2) is 6.98. The van der Waals surface area contributed by atoms with Gasteiger partial charge >= 0.3 is 6.09 Å². The Labute approximate surface area is 126 Å². The molecule has 7 heteroatoms. The van der Waals surface area contributed by atoms with E-state index in [1.54, 1.807) is 18.2 Å². The van der Waals surface area contributed by atoms with Gasteiger partial charge in [-0.2, -0.15) is 0 Å². The number of nitro benzene ring substituents is 1. The van der Waals surface area contributed by atoms with Crippen LogP contribution < -0.4 is 5.32 Å². The van der Waals surface area contributed by atoms with Crippen LogP contribution >= 0.6 is 0 Å². The number of non-ortho nitro benzene ring substituents is 1. The normalized spacial score (nSPS) is 10.4. The summed E-state index contributed by atoms with van der Waals surface area (Å²) in [6, 6.07) is 13.0. The zero-order valence-electron chi connectivity index (χ0n) is 11.7. The van der Waals surface area contributed by atoms with E-state index in [-0.39, 0.29) is 5.69 Å². The summed E-state index contributed by atoms with van der Waals surface area (Å²) in [7, 11) is 0. The third-order valence-electron chi connectivity index (χ3n) is 2.72. The molecule has 0 aliphatic rings. The van der Waals surface area contributed by atoms with Crippen molar-refractivity contribution in [3.63, 3.8) is 0 Å². The molecule has 0 spiro atoms. The van der Waals surface area contributed by atoms with E-state index in [2.05, 4.69) is 15.3 Å². The molecular formula is C15H13N3O4. The lowest BCUT2D eigenvalue weighted by Crippen LogP contribution is -2.10. The molecular weight excluding hydrogens is 286 g/mol. The molecule has 2 rings (SSSR count). The van der Waals surface area contributed by atoms with Gasteiger partial charge in [-0.25, -0.2) is 4.79 Å². The fraction of sp³-hybridized carbons (Fsp3) is 0.0667. The van der Waals surface area contributed by atoms with Crippen LogP contribution in [-0.4, -0.2) is 17.2 Å². The lowest BCUT2D eigenvalue weighted by Gasteiger charge is -2.02. The summed E-state index contributed by atoms with van der Waals surface area (Å²) >= 11 is 0. The molecule has 0 aliphatic heterocycles. The number of aryl methyl sites for hydroxylation is 1. The maximum Gasteiger partial charge on any atom is 0.437 e. The van der Waals surface area contributed by atoms with Crippen molar-refractivity contribution >= 4 is 23.7 Å². The van der Waals surface area contributed by atoms with Crippen molar-refractivity contribution in [3.05, 3.63) is 69.8 Å². The van der Waals surface area contributed by atoms with Crippen molar-refractivity contribution in [2.75, 3.05) is 5.32 Å². The van der Waals surface area contributed by atoms with Crippen molar-refractivity contribution in [1.29, 1.82) is 0 Å². The van der Waals surface area contributed by atoms with Gasteiger partial charge in [0.05, 0.1) is 11.1 Å². The molecule has 0 fully saturated rings. The third-order valence-corrected chi connectivity index (χ3v) is 2.72. The molecule has 0 unspecified atom stereocenters. The number of benzene rings is 2. The van der Waals surface area contributed by atoms with Crippen molar-refractivity contribution in [2.45, 2.75) is 6.92 Å². The van der Waals surface area contributed by atoms with Crippen LogP contribution in [0.2, 0.25) is 0 Å². The standard InChI is InChI=1S/C15H13N3O4/c1-11-5-7-13(8-6-11)17-15(19)22-16-10-12-3-2-4-14(9-12)18(20)21/h2-10H,1H3,(H,17,19)/b16-10-. The van der Waals surface area contributed by atoms with Crippen LogP contribution in [0.1, 0.15) is 11.1 Å². The minimum absolute atomic E-state index is 0.0620. The summed E-state index contributed by atoms with van der Waals surface area (Å²) < 4.78 is 0. The Morgan fingerprint density at radius 3 is 2.68 bits per heavy atom. The number of carbonyl (C=O) groups excluding carboxylic acids is 1. The molecule has 1 N–H and O–H groups in total. The molecule has 22 heavy (non-hydrogen) atoms. The molecule has 0 saturated heterocycles. The number of anilines is 1. The number of amides is 1. The molecule has 7 nitrogen and oxygen atoms in total. The lowest BCUT2D eigenvalue weighted by molar-refractivity contribution is -0.384. The van der Waals surface area contributed by atoms with E-state index in [0.717, 1.165) is 5.56 Å². The predicted octanol–water partition coefficient (Wildman–Crippen LogP) is 3.49. The first kappa shape index (κ1) is 15.2. The Morgan fingerprint density at radius 1 is 1.27 bits per heavy atom. The van der Waals surface area contributed by atoms with Crippen LogP contribution in [0.25, 0.3) is 0 Å². The van der Waals surface area contributed by atoms with E-state index in [1.165, 1.54) is 24.4 Å².